The van der Waals surface area contributed by atoms with Crippen molar-refractivity contribution in [2.75, 3.05) is 11.9 Å². The molecule has 0 bridgehead atoms. The second-order valence-electron chi connectivity index (χ2n) is 6.19. The van der Waals surface area contributed by atoms with Gasteiger partial charge in [-0.1, -0.05) is 0 Å². The summed E-state index contributed by atoms with van der Waals surface area (Å²) in [5.41, 5.74) is -0.914. The van der Waals surface area contributed by atoms with Crippen LogP contribution in [0, 0.1) is 0 Å². The maximum absolute atomic E-state index is 12.3. The number of carbonyl (C=O) groups is 2. The SMILES string of the molecule is CC(C)(O)C(C)(C)NC(=O)c1ccc2c(c1)OCC(=O)N2. The van der Waals surface area contributed by atoms with Crippen molar-refractivity contribution in [2.45, 2.75) is 38.8 Å². The van der Waals surface area contributed by atoms with Crippen LogP contribution >= 0.6 is 0 Å². The van der Waals surface area contributed by atoms with Crippen molar-refractivity contribution in [1.29, 1.82) is 0 Å². The van der Waals surface area contributed by atoms with E-state index in [0.717, 1.165) is 0 Å². The predicted molar refractivity (Wildman–Crippen MR) is 78.4 cm³/mol. The van der Waals surface area contributed by atoms with E-state index in [1.54, 1.807) is 45.9 Å². The second-order valence-corrected chi connectivity index (χ2v) is 6.19. The first kappa shape index (κ1) is 15.3. The first-order valence-electron chi connectivity index (χ1n) is 6.72. The van der Waals surface area contributed by atoms with Crippen LogP contribution in [0.25, 0.3) is 0 Å². The summed E-state index contributed by atoms with van der Waals surface area (Å²) in [5.74, 6) is -0.0726. The van der Waals surface area contributed by atoms with E-state index >= 15 is 0 Å². The Morgan fingerprint density at radius 2 is 2.00 bits per heavy atom. The monoisotopic (exact) mass is 292 g/mol. The minimum atomic E-state index is -1.07. The van der Waals surface area contributed by atoms with Crippen LogP contribution in [-0.2, 0) is 4.79 Å². The zero-order valence-corrected chi connectivity index (χ0v) is 12.6. The molecule has 0 unspecified atom stereocenters. The third kappa shape index (κ3) is 3.16. The Bertz CT molecular complexity index is 588. The van der Waals surface area contributed by atoms with E-state index in [1.807, 2.05) is 0 Å². The van der Waals surface area contributed by atoms with Crippen LogP contribution in [0.15, 0.2) is 18.2 Å². The van der Waals surface area contributed by atoms with Crippen molar-refractivity contribution >= 4 is 17.5 Å². The number of nitrogens with one attached hydrogen (secondary N) is 2. The number of benzene rings is 1. The number of fused-ring (bicyclic) bond motifs is 1. The van der Waals surface area contributed by atoms with Crippen LogP contribution < -0.4 is 15.4 Å². The summed E-state index contributed by atoms with van der Waals surface area (Å²) in [4.78, 5) is 23.5. The van der Waals surface area contributed by atoms with Gasteiger partial charge in [0.25, 0.3) is 11.8 Å². The van der Waals surface area contributed by atoms with Crippen LogP contribution in [0.1, 0.15) is 38.1 Å². The predicted octanol–water partition coefficient (Wildman–Crippen LogP) is 1.30. The van der Waals surface area contributed by atoms with E-state index in [-0.39, 0.29) is 18.4 Å². The number of carbonyl (C=O) groups excluding carboxylic acids is 2. The minimum absolute atomic E-state index is 0.0623. The number of rotatable bonds is 3. The smallest absolute Gasteiger partial charge is 0.262 e. The molecule has 6 nitrogen and oxygen atoms in total. The highest BCUT2D eigenvalue weighted by Crippen LogP contribution is 2.29. The summed E-state index contributed by atoms with van der Waals surface area (Å²) in [6.07, 6.45) is 0. The molecule has 1 aromatic rings. The molecule has 0 saturated carbocycles. The molecule has 114 valence electrons. The molecule has 0 fully saturated rings. The lowest BCUT2D eigenvalue weighted by Crippen LogP contribution is -2.57. The van der Waals surface area contributed by atoms with Gasteiger partial charge in [-0.2, -0.15) is 0 Å². The fourth-order valence-corrected chi connectivity index (χ4v) is 1.72. The van der Waals surface area contributed by atoms with Gasteiger partial charge in [0.15, 0.2) is 6.61 Å². The summed E-state index contributed by atoms with van der Waals surface area (Å²) < 4.78 is 5.28. The highest BCUT2D eigenvalue weighted by Gasteiger charge is 2.36. The van der Waals surface area contributed by atoms with Crippen molar-refractivity contribution in [3.63, 3.8) is 0 Å². The van der Waals surface area contributed by atoms with Crippen molar-refractivity contribution in [3.8, 4) is 5.75 Å². The van der Waals surface area contributed by atoms with E-state index in [1.165, 1.54) is 0 Å². The van der Waals surface area contributed by atoms with E-state index < -0.39 is 11.1 Å². The minimum Gasteiger partial charge on any atom is -0.482 e. The fourth-order valence-electron chi connectivity index (χ4n) is 1.72. The Kier molecular flexibility index (Phi) is 3.67. The summed E-state index contributed by atoms with van der Waals surface area (Å²) in [5, 5.41) is 15.5. The molecule has 2 amide bonds. The molecule has 0 radical (unpaired) electrons. The zero-order valence-electron chi connectivity index (χ0n) is 12.6. The summed E-state index contributed by atoms with van der Waals surface area (Å²) in [6.45, 7) is 6.71. The van der Waals surface area contributed by atoms with Gasteiger partial charge in [-0.05, 0) is 45.9 Å². The van der Waals surface area contributed by atoms with Gasteiger partial charge >= 0.3 is 0 Å². The second kappa shape index (κ2) is 5.04. The average molecular weight is 292 g/mol. The molecule has 0 aliphatic carbocycles. The summed E-state index contributed by atoms with van der Waals surface area (Å²) >= 11 is 0. The molecule has 1 aromatic carbocycles. The van der Waals surface area contributed by atoms with Gasteiger partial charge in [0.05, 0.1) is 16.8 Å². The molecule has 0 saturated heterocycles. The Morgan fingerprint density at radius 1 is 1.33 bits per heavy atom. The van der Waals surface area contributed by atoms with Crippen molar-refractivity contribution < 1.29 is 19.4 Å². The highest BCUT2D eigenvalue weighted by atomic mass is 16.5. The largest absolute Gasteiger partial charge is 0.482 e. The van der Waals surface area contributed by atoms with Crippen LogP contribution in [-0.4, -0.2) is 34.7 Å². The first-order chi connectivity index (χ1) is 9.60. The zero-order chi connectivity index (χ0) is 15.8. The lowest BCUT2D eigenvalue weighted by Gasteiger charge is -2.38. The van der Waals surface area contributed by atoms with E-state index in [9.17, 15) is 14.7 Å². The molecule has 1 heterocycles. The van der Waals surface area contributed by atoms with E-state index in [2.05, 4.69) is 10.6 Å². The van der Waals surface area contributed by atoms with E-state index in [0.29, 0.717) is 17.0 Å². The van der Waals surface area contributed by atoms with Gasteiger partial charge < -0.3 is 20.5 Å². The quantitative estimate of drug-likeness (QED) is 0.783. The maximum Gasteiger partial charge on any atom is 0.262 e. The number of hydrogen-bond donors (Lipinski definition) is 3. The molecule has 1 aliphatic heterocycles. The average Bonchev–Trinajstić information content (AvgIpc) is 2.36. The van der Waals surface area contributed by atoms with Gasteiger partial charge in [-0.25, -0.2) is 0 Å². The molecule has 0 aromatic heterocycles. The maximum atomic E-state index is 12.3. The Morgan fingerprint density at radius 3 is 2.62 bits per heavy atom. The molecule has 0 spiro atoms. The Balaban J connectivity index is 2.20. The number of aliphatic hydroxyl groups is 1. The lowest BCUT2D eigenvalue weighted by atomic mass is 9.85. The van der Waals surface area contributed by atoms with Crippen molar-refractivity contribution in [3.05, 3.63) is 23.8 Å². The van der Waals surface area contributed by atoms with Gasteiger partial charge in [-0.15, -0.1) is 0 Å². The van der Waals surface area contributed by atoms with Crippen LogP contribution in [0.3, 0.4) is 0 Å². The topological polar surface area (TPSA) is 87.7 Å². The molecular formula is C15H20N2O4. The highest BCUT2D eigenvalue weighted by molar-refractivity contribution is 5.99. The van der Waals surface area contributed by atoms with Crippen molar-refractivity contribution in [1.82, 2.24) is 5.32 Å². The Labute approximate surface area is 123 Å². The van der Waals surface area contributed by atoms with Crippen LogP contribution in [0.4, 0.5) is 5.69 Å². The molecule has 1 aliphatic rings. The van der Waals surface area contributed by atoms with Gasteiger partial charge in [0, 0.05) is 5.56 Å². The number of anilines is 1. The fraction of sp³-hybridized carbons (Fsp3) is 0.467. The molecule has 0 atom stereocenters. The number of hydrogen-bond acceptors (Lipinski definition) is 4. The molecule has 3 N–H and O–H groups in total. The normalized spacial score (nSPS) is 14.8. The van der Waals surface area contributed by atoms with E-state index in [4.69, 9.17) is 4.74 Å². The Hall–Kier alpha value is -2.08. The van der Waals surface area contributed by atoms with Gasteiger partial charge in [0.2, 0.25) is 0 Å². The third-order valence-corrected chi connectivity index (χ3v) is 3.83. The first-order valence-corrected chi connectivity index (χ1v) is 6.72. The number of amides is 2. The van der Waals surface area contributed by atoms with Gasteiger partial charge in [0.1, 0.15) is 5.75 Å². The van der Waals surface area contributed by atoms with Crippen LogP contribution in [0.2, 0.25) is 0 Å². The summed E-state index contributed by atoms with van der Waals surface area (Å²) in [7, 11) is 0. The number of ether oxygens (including phenoxy) is 1. The molecule has 6 heteroatoms. The summed E-state index contributed by atoms with van der Waals surface area (Å²) in [6, 6.07) is 4.80. The van der Waals surface area contributed by atoms with Crippen LogP contribution in [0.5, 0.6) is 5.75 Å². The third-order valence-electron chi connectivity index (χ3n) is 3.83. The molecule has 2 rings (SSSR count). The molecular weight excluding hydrogens is 272 g/mol. The standard InChI is InChI=1S/C15H20N2O4/c1-14(2,15(3,4)20)17-13(19)9-5-6-10-11(7-9)21-8-12(18)16-10/h5-7,20H,8H2,1-4H3,(H,16,18)(H,17,19). The van der Waals surface area contributed by atoms with Crippen molar-refractivity contribution in [2.24, 2.45) is 0 Å². The van der Waals surface area contributed by atoms with Gasteiger partial charge in [-0.3, -0.25) is 9.59 Å². The lowest BCUT2D eigenvalue weighted by molar-refractivity contribution is -0.118. The molecule has 21 heavy (non-hydrogen) atoms.